The van der Waals surface area contributed by atoms with Crippen LogP contribution in [0.4, 0.5) is 0 Å². The highest BCUT2D eigenvalue weighted by Crippen LogP contribution is 2.11. The van der Waals surface area contributed by atoms with Gasteiger partial charge in [-0.2, -0.15) is 0 Å². The van der Waals surface area contributed by atoms with Gasteiger partial charge in [-0.3, -0.25) is 4.79 Å². The Bertz CT molecular complexity index is 416. The first-order valence-corrected chi connectivity index (χ1v) is 4.54. The highest BCUT2D eigenvalue weighted by atomic mass is 16.4. The van der Waals surface area contributed by atoms with Gasteiger partial charge in [-0.05, 0) is 13.8 Å². The maximum atomic E-state index is 11.8. The second-order valence-corrected chi connectivity index (χ2v) is 3.25. The fourth-order valence-electron chi connectivity index (χ4n) is 1.14. The number of allylic oxidation sites excluding steroid dienone is 1. The summed E-state index contributed by atoms with van der Waals surface area (Å²) in [5, 5.41) is 8.74. The van der Waals surface area contributed by atoms with Crippen LogP contribution in [-0.4, -0.2) is 16.9 Å². The molecule has 3 nitrogen and oxygen atoms in total. The second kappa shape index (κ2) is 4.55. The standard InChI is InChI=1S/C12H12O3/c1-8(9(2)12(14)15)11(13)10-6-4-3-5-7-10/h3-7H,1-2H3,(H,14,15). The number of hydrogen-bond acceptors (Lipinski definition) is 2. The van der Waals surface area contributed by atoms with Crippen LogP contribution in [0.5, 0.6) is 0 Å². The highest BCUT2D eigenvalue weighted by Gasteiger charge is 2.13. The molecule has 1 aromatic rings. The number of carbonyl (C=O) groups excluding carboxylic acids is 1. The molecule has 0 saturated carbocycles. The normalized spacial score (nSPS) is 11.9. The summed E-state index contributed by atoms with van der Waals surface area (Å²) in [6, 6.07) is 8.63. The van der Waals surface area contributed by atoms with Crippen LogP contribution in [0.15, 0.2) is 41.5 Å². The number of carboxylic acids is 1. The quantitative estimate of drug-likeness (QED) is 0.607. The summed E-state index contributed by atoms with van der Waals surface area (Å²) in [6.07, 6.45) is 0. The zero-order valence-electron chi connectivity index (χ0n) is 8.65. The van der Waals surface area contributed by atoms with Gasteiger partial charge in [-0.1, -0.05) is 30.3 Å². The topological polar surface area (TPSA) is 54.4 Å². The predicted octanol–water partition coefficient (Wildman–Crippen LogP) is 2.29. The number of benzene rings is 1. The molecular formula is C12H12O3. The Kier molecular flexibility index (Phi) is 3.39. The molecule has 0 aromatic heterocycles. The van der Waals surface area contributed by atoms with Crippen LogP contribution in [0.1, 0.15) is 24.2 Å². The molecule has 0 atom stereocenters. The molecule has 78 valence electrons. The maximum absolute atomic E-state index is 11.8. The van der Waals surface area contributed by atoms with Crippen molar-refractivity contribution in [2.24, 2.45) is 0 Å². The van der Waals surface area contributed by atoms with Crippen molar-refractivity contribution in [3.8, 4) is 0 Å². The Morgan fingerprint density at radius 2 is 1.53 bits per heavy atom. The Hall–Kier alpha value is -1.90. The molecular weight excluding hydrogens is 192 g/mol. The largest absolute Gasteiger partial charge is 0.478 e. The van der Waals surface area contributed by atoms with Crippen molar-refractivity contribution in [1.82, 2.24) is 0 Å². The van der Waals surface area contributed by atoms with Crippen molar-refractivity contribution in [2.45, 2.75) is 13.8 Å². The van der Waals surface area contributed by atoms with E-state index in [4.69, 9.17) is 5.11 Å². The molecule has 0 heterocycles. The van der Waals surface area contributed by atoms with Gasteiger partial charge in [0, 0.05) is 16.7 Å². The molecule has 0 aliphatic carbocycles. The van der Waals surface area contributed by atoms with Crippen molar-refractivity contribution in [2.75, 3.05) is 0 Å². The van der Waals surface area contributed by atoms with Crippen molar-refractivity contribution in [3.05, 3.63) is 47.0 Å². The minimum absolute atomic E-state index is 0.0869. The molecule has 0 saturated heterocycles. The lowest BCUT2D eigenvalue weighted by atomic mass is 10.0. The van der Waals surface area contributed by atoms with Crippen LogP contribution in [0.3, 0.4) is 0 Å². The summed E-state index contributed by atoms with van der Waals surface area (Å²) in [4.78, 5) is 22.4. The predicted molar refractivity (Wildman–Crippen MR) is 56.8 cm³/mol. The van der Waals surface area contributed by atoms with E-state index >= 15 is 0 Å². The van der Waals surface area contributed by atoms with E-state index in [0.717, 1.165) is 0 Å². The maximum Gasteiger partial charge on any atom is 0.331 e. The third-order valence-electron chi connectivity index (χ3n) is 2.26. The third kappa shape index (κ3) is 2.53. The summed E-state index contributed by atoms with van der Waals surface area (Å²) in [5.74, 6) is -1.30. The third-order valence-corrected chi connectivity index (χ3v) is 2.26. The monoisotopic (exact) mass is 204 g/mol. The molecule has 0 radical (unpaired) electrons. The van der Waals surface area contributed by atoms with Gasteiger partial charge < -0.3 is 5.11 Å². The number of Topliss-reactive ketones (excluding diaryl/α,β-unsaturated/α-hetero) is 1. The van der Waals surface area contributed by atoms with Crippen LogP contribution in [-0.2, 0) is 4.79 Å². The van der Waals surface area contributed by atoms with Crippen LogP contribution >= 0.6 is 0 Å². The number of carbonyl (C=O) groups is 2. The van der Waals surface area contributed by atoms with E-state index in [1.165, 1.54) is 13.8 Å². The van der Waals surface area contributed by atoms with E-state index in [1.807, 2.05) is 0 Å². The van der Waals surface area contributed by atoms with Gasteiger partial charge in [0.05, 0.1) is 0 Å². The van der Waals surface area contributed by atoms with E-state index in [0.29, 0.717) is 5.56 Å². The van der Waals surface area contributed by atoms with Crippen molar-refractivity contribution < 1.29 is 14.7 Å². The Labute approximate surface area is 88.0 Å². The SMILES string of the molecule is CC(C(=O)O)=C(C)C(=O)c1ccccc1. The summed E-state index contributed by atoms with van der Waals surface area (Å²) in [6.45, 7) is 2.96. The second-order valence-electron chi connectivity index (χ2n) is 3.25. The number of ketones is 1. The molecule has 0 amide bonds. The lowest BCUT2D eigenvalue weighted by Crippen LogP contribution is -2.07. The van der Waals surface area contributed by atoms with E-state index in [9.17, 15) is 9.59 Å². The molecule has 1 aromatic carbocycles. The summed E-state index contributed by atoms with van der Waals surface area (Å²) in [7, 11) is 0. The number of carboxylic acid groups (broad SMARTS) is 1. The van der Waals surface area contributed by atoms with Gasteiger partial charge in [0.15, 0.2) is 5.78 Å². The lowest BCUT2D eigenvalue weighted by Gasteiger charge is -2.03. The minimum Gasteiger partial charge on any atom is -0.478 e. The van der Waals surface area contributed by atoms with Gasteiger partial charge in [-0.15, -0.1) is 0 Å². The van der Waals surface area contributed by atoms with Crippen LogP contribution in [0, 0.1) is 0 Å². The van der Waals surface area contributed by atoms with E-state index < -0.39 is 5.97 Å². The molecule has 0 aliphatic rings. The Morgan fingerprint density at radius 3 is 2.00 bits per heavy atom. The molecule has 15 heavy (non-hydrogen) atoms. The average molecular weight is 204 g/mol. The number of aliphatic carboxylic acids is 1. The highest BCUT2D eigenvalue weighted by molar-refractivity contribution is 6.12. The molecule has 3 heteroatoms. The molecule has 0 spiro atoms. The van der Waals surface area contributed by atoms with Gasteiger partial charge in [0.1, 0.15) is 0 Å². The fourth-order valence-corrected chi connectivity index (χ4v) is 1.14. The van der Waals surface area contributed by atoms with Gasteiger partial charge in [-0.25, -0.2) is 4.79 Å². The Morgan fingerprint density at radius 1 is 1.00 bits per heavy atom. The lowest BCUT2D eigenvalue weighted by molar-refractivity contribution is -0.132. The minimum atomic E-state index is -1.06. The molecule has 0 unspecified atom stereocenters. The first-order chi connectivity index (χ1) is 7.04. The van der Waals surface area contributed by atoms with Gasteiger partial charge >= 0.3 is 5.97 Å². The summed E-state index contributed by atoms with van der Waals surface area (Å²) in [5.41, 5.74) is 0.869. The summed E-state index contributed by atoms with van der Waals surface area (Å²) < 4.78 is 0. The molecule has 0 aliphatic heterocycles. The first-order valence-electron chi connectivity index (χ1n) is 4.54. The average Bonchev–Trinajstić information content (AvgIpc) is 2.27. The Balaban J connectivity index is 3.07. The van der Waals surface area contributed by atoms with E-state index in [1.54, 1.807) is 30.3 Å². The van der Waals surface area contributed by atoms with Crippen molar-refractivity contribution >= 4 is 11.8 Å². The smallest absolute Gasteiger partial charge is 0.331 e. The summed E-state index contributed by atoms with van der Waals surface area (Å²) >= 11 is 0. The van der Waals surface area contributed by atoms with Crippen molar-refractivity contribution in [1.29, 1.82) is 0 Å². The van der Waals surface area contributed by atoms with Crippen LogP contribution in [0.2, 0.25) is 0 Å². The van der Waals surface area contributed by atoms with Gasteiger partial charge in [0.25, 0.3) is 0 Å². The van der Waals surface area contributed by atoms with Crippen LogP contribution in [0.25, 0.3) is 0 Å². The first kappa shape index (κ1) is 11.2. The number of hydrogen-bond donors (Lipinski definition) is 1. The zero-order chi connectivity index (χ0) is 11.4. The van der Waals surface area contributed by atoms with Crippen LogP contribution < -0.4 is 0 Å². The van der Waals surface area contributed by atoms with Crippen molar-refractivity contribution in [3.63, 3.8) is 0 Å². The molecule has 0 bridgehead atoms. The molecule has 1 N–H and O–H groups in total. The molecule has 1 rings (SSSR count). The zero-order valence-corrected chi connectivity index (χ0v) is 8.65. The van der Waals surface area contributed by atoms with E-state index in [2.05, 4.69) is 0 Å². The van der Waals surface area contributed by atoms with Gasteiger partial charge in [0.2, 0.25) is 0 Å². The fraction of sp³-hybridized carbons (Fsp3) is 0.167. The van der Waals surface area contributed by atoms with E-state index in [-0.39, 0.29) is 16.9 Å². The number of rotatable bonds is 3. The molecule has 0 fully saturated rings.